The second-order valence-electron chi connectivity index (χ2n) is 13.0. The Balaban J connectivity index is 2.04. The van der Waals surface area contributed by atoms with E-state index < -0.39 is 18.4 Å². The molecule has 0 saturated carbocycles. The molecule has 0 fully saturated rings. The molecule has 4 N–H and O–H groups in total. The Morgan fingerprint density at radius 1 is 1.03 bits per heavy atom. The first-order chi connectivity index (χ1) is 17.9. The smallest absolute Gasteiger partial charge is 0.264 e. The molecule has 0 aliphatic heterocycles. The standard InChI is InChI=1S/C29H46N4O4SSi/c1-29(2,3)39(7,8)37-21-24-18-22(13-11-17-38(34,35)36)26(31-24)20-27-23(12-10-16-33(4,5)6)19-28(32-27)25-14-9-15-30-25/h9,14-15,18-21,30-32H,10-13,16-17H2,1-8H3/p+1/b24-21+,26-20-. The molecule has 3 rings (SSSR count). The molecule has 0 atom stereocenters. The highest BCUT2D eigenvalue weighted by molar-refractivity contribution is 7.85. The van der Waals surface area contributed by atoms with E-state index in [0.717, 1.165) is 57.2 Å². The molecule has 216 valence electrons. The van der Waals surface area contributed by atoms with E-state index in [2.05, 4.69) is 82.1 Å². The second kappa shape index (κ2) is 11.9. The number of nitrogens with zero attached hydrogens (tertiary/aromatic N) is 1. The van der Waals surface area contributed by atoms with Crippen molar-refractivity contribution in [2.45, 2.75) is 64.6 Å². The topological polar surface area (TPSA) is 111 Å². The van der Waals surface area contributed by atoms with E-state index >= 15 is 0 Å². The van der Waals surface area contributed by atoms with Crippen LogP contribution in [0.15, 0.2) is 30.5 Å². The third-order valence-electron chi connectivity index (χ3n) is 7.48. The van der Waals surface area contributed by atoms with Crippen LogP contribution in [0.3, 0.4) is 0 Å². The Morgan fingerprint density at radius 2 is 1.72 bits per heavy atom. The molecule has 0 spiro atoms. The van der Waals surface area contributed by atoms with Crippen LogP contribution in [0.2, 0.25) is 18.1 Å². The fourth-order valence-electron chi connectivity index (χ4n) is 4.15. The predicted molar refractivity (Wildman–Crippen MR) is 163 cm³/mol. The summed E-state index contributed by atoms with van der Waals surface area (Å²) in [6.45, 7) is 12.1. The van der Waals surface area contributed by atoms with Crippen molar-refractivity contribution in [2.24, 2.45) is 0 Å². The second-order valence-corrected chi connectivity index (χ2v) is 19.3. The summed E-state index contributed by atoms with van der Waals surface area (Å²) in [5.74, 6) is -0.271. The minimum atomic E-state index is -4.01. The fraction of sp³-hybridized carbons (Fsp3) is 0.517. The molecule has 3 heterocycles. The largest absolute Gasteiger partial charge is 0.547 e. The highest BCUT2D eigenvalue weighted by Gasteiger charge is 2.38. The molecule has 0 bridgehead atoms. The summed E-state index contributed by atoms with van der Waals surface area (Å²) in [5, 5.41) is 1.82. The maximum absolute atomic E-state index is 11.3. The molecule has 10 heteroatoms. The van der Waals surface area contributed by atoms with Gasteiger partial charge in [0.25, 0.3) is 10.1 Å². The lowest BCUT2D eigenvalue weighted by molar-refractivity contribution is -0.870. The van der Waals surface area contributed by atoms with Crippen molar-refractivity contribution in [3.05, 3.63) is 58.0 Å². The molecule has 0 radical (unpaired) electrons. The number of aromatic amines is 3. The van der Waals surface area contributed by atoms with E-state index in [1.165, 1.54) is 5.56 Å². The molecule has 0 amide bonds. The molecule has 39 heavy (non-hydrogen) atoms. The van der Waals surface area contributed by atoms with Crippen molar-refractivity contribution in [2.75, 3.05) is 33.4 Å². The number of hydrogen-bond acceptors (Lipinski definition) is 3. The van der Waals surface area contributed by atoms with E-state index in [1.807, 2.05) is 30.7 Å². The molecule has 0 aliphatic carbocycles. The van der Waals surface area contributed by atoms with Crippen molar-refractivity contribution in [3.63, 3.8) is 0 Å². The summed E-state index contributed by atoms with van der Waals surface area (Å²) in [6.07, 6.45) is 8.66. The summed E-state index contributed by atoms with van der Waals surface area (Å²) in [7, 11) is 0.603. The SMILES string of the molecule is CC(C)(C)[Si](C)(C)O/C=c1\cc(CCCS(=O)(=O)O)/c(=C/c2[nH]c(-c3ccc[nH]3)cc2CCC[N+](C)(C)C)[nH]1. The predicted octanol–water partition coefficient (Wildman–Crippen LogP) is 4.39. The summed E-state index contributed by atoms with van der Waals surface area (Å²) < 4.78 is 39.2. The summed E-state index contributed by atoms with van der Waals surface area (Å²) in [5.41, 5.74) is 5.29. The van der Waals surface area contributed by atoms with Gasteiger partial charge in [-0.2, -0.15) is 8.42 Å². The van der Waals surface area contributed by atoms with Crippen molar-refractivity contribution in [1.29, 1.82) is 0 Å². The minimum Gasteiger partial charge on any atom is -0.547 e. The molecule has 0 aliphatic rings. The van der Waals surface area contributed by atoms with Crippen molar-refractivity contribution in [3.8, 4) is 11.4 Å². The Kier molecular flexibility index (Phi) is 9.47. The van der Waals surface area contributed by atoms with Crippen LogP contribution in [0.5, 0.6) is 0 Å². The van der Waals surface area contributed by atoms with Crippen LogP contribution < -0.4 is 10.7 Å². The molecule has 3 aromatic rings. The van der Waals surface area contributed by atoms with Gasteiger partial charge >= 0.3 is 0 Å². The first-order valence-electron chi connectivity index (χ1n) is 13.6. The molecule has 0 saturated heterocycles. The van der Waals surface area contributed by atoms with Crippen LogP contribution in [-0.4, -0.2) is 74.2 Å². The molecule has 0 unspecified atom stereocenters. The Morgan fingerprint density at radius 3 is 2.31 bits per heavy atom. The van der Waals surface area contributed by atoms with Crippen LogP contribution in [0.4, 0.5) is 0 Å². The summed E-state index contributed by atoms with van der Waals surface area (Å²) in [4.78, 5) is 10.4. The highest BCUT2D eigenvalue weighted by atomic mass is 32.2. The van der Waals surface area contributed by atoms with Gasteiger partial charge in [0, 0.05) is 23.7 Å². The molecule has 0 aromatic carbocycles. The number of aromatic nitrogens is 3. The van der Waals surface area contributed by atoms with Crippen molar-refractivity contribution < 1.29 is 21.9 Å². The van der Waals surface area contributed by atoms with Gasteiger partial charge in [-0.25, -0.2) is 0 Å². The monoisotopic (exact) mass is 575 g/mol. The Labute approximate surface area is 234 Å². The number of nitrogens with one attached hydrogen (secondary N) is 3. The Bertz CT molecular complexity index is 1450. The van der Waals surface area contributed by atoms with Crippen molar-refractivity contribution in [1.82, 2.24) is 15.0 Å². The zero-order chi connectivity index (χ0) is 29.1. The fourth-order valence-corrected chi connectivity index (χ4v) is 5.43. The van der Waals surface area contributed by atoms with Crippen LogP contribution in [-0.2, 0) is 27.4 Å². The number of hydrogen-bond donors (Lipinski definition) is 4. The number of quaternary nitrogens is 1. The van der Waals surface area contributed by atoms with Gasteiger partial charge in [0.15, 0.2) is 0 Å². The van der Waals surface area contributed by atoms with Crippen LogP contribution in [0.1, 0.15) is 50.4 Å². The number of aryl methyl sites for hydroxylation is 2. The lowest BCUT2D eigenvalue weighted by Gasteiger charge is -2.34. The number of H-pyrrole nitrogens is 3. The van der Waals surface area contributed by atoms with Crippen LogP contribution >= 0.6 is 0 Å². The Hall–Kier alpha value is -2.53. The van der Waals surface area contributed by atoms with Gasteiger partial charge in [0.05, 0.1) is 56.4 Å². The van der Waals surface area contributed by atoms with E-state index in [1.54, 1.807) is 0 Å². The van der Waals surface area contributed by atoms with Gasteiger partial charge in [-0.3, -0.25) is 4.55 Å². The summed E-state index contributed by atoms with van der Waals surface area (Å²) in [6, 6.07) is 8.27. The maximum atomic E-state index is 11.3. The maximum Gasteiger partial charge on any atom is 0.264 e. The van der Waals surface area contributed by atoms with Gasteiger partial charge in [0.1, 0.15) is 0 Å². The van der Waals surface area contributed by atoms with Crippen LogP contribution in [0.25, 0.3) is 23.7 Å². The zero-order valence-electron chi connectivity index (χ0n) is 24.8. The van der Waals surface area contributed by atoms with E-state index in [-0.39, 0.29) is 10.8 Å². The molecular formula is C29H47N4O4SSi+. The van der Waals surface area contributed by atoms with E-state index in [0.29, 0.717) is 12.8 Å². The van der Waals surface area contributed by atoms with Gasteiger partial charge in [0.2, 0.25) is 8.32 Å². The minimum absolute atomic E-state index is 0.0719. The van der Waals surface area contributed by atoms with Gasteiger partial charge in [-0.15, -0.1) is 0 Å². The van der Waals surface area contributed by atoms with Gasteiger partial charge < -0.3 is 23.9 Å². The zero-order valence-corrected chi connectivity index (χ0v) is 26.6. The van der Waals surface area contributed by atoms with Crippen molar-refractivity contribution >= 4 is 30.8 Å². The average molecular weight is 576 g/mol. The first kappa shape index (κ1) is 31.0. The molecular weight excluding hydrogens is 528 g/mol. The van der Waals surface area contributed by atoms with E-state index in [9.17, 15) is 13.0 Å². The van der Waals surface area contributed by atoms with E-state index in [4.69, 9.17) is 4.43 Å². The van der Waals surface area contributed by atoms with Gasteiger partial charge in [-0.05, 0) is 78.9 Å². The highest BCUT2D eigenvalue weighted by Crippen LogP contribution is 2.36. The average Bonchev–Trinajstić information content (AvgIpc) is 3.51. The van der Waals surface area contributed by atoms with Crippen LogP contribution in [0, 0.1) is 0 Å². The quantitative estimate of drug-likeness (QED) is 0.146. The number of rotatable bonds is 12. The lowest BCUT2D eigenvalue weighted by Crippen LogP contribution is -2.39. The molecule has 8 nitrogen and oxygen atoms in total. The third kappa shape index (κ3) is 9.27. The third-order valence-corrected chi connectivity index (χ3v) is 12.6. The lowest BCUT2D eigenvalue weighted by atomic mass is 10.1. The summed E-state index contributed by atoms with van der Waals surface area (Å²) >= 11 is 0. The molecule has 3 aromatic heterocycles. The normalized spacial score (nSPS) is 14.4. The van der Waals surface area contributed by atoms with Gasteiger partial charge in [-0.1, -0.05) is 20.8 Å². The first-order valence-corrected chi connectivity index (χ1v) is 18.1.